The summed E-state index contributed by atoms with van der Waals surface area (Å²) in [5.41, 5.74) is 0.786. The number of nitrogens with zero attached hydrogens (tertiary/aromatic N) is 2. The lowest BCUT2D eigenvalue weighted by molar-refractivity contribution is 0.127. The van der Waals surface area contributed by atoms with Crippen LogP contribution in [0.4, 0.5) is 9.59 Å². The largest absolute Gasteiger partial charge is 0.496 e. The molecule has 3 rings (SSSR count). The SMILES string of the molecule is COc1cccc(OC)c1CNC(=O)N1CCN2C(=O)OCC2C1. The lowest BCUT2D eigenvalue weighted by atomic mass is 10.1. The van der Waals surface area contributed by atoms with E-state index in [0.29, 0.717) is 44.3 Å². The van der Waals surface area contributed by atoms with Gasteiger partial charge in [0.1, 0.15) is 18.1 Å². The first-order valence-electron chi connectivity index (χ1n) is 7.80. The molecular formula is C16H21N3O5. The Morgan fingerprint density at radius 1 is 1.29 bits per heavy atom. The maximum absolute atomic E-state index is 12.4. The van der Waals surface area contributed by atoms with E-state index in [1.807, 2.05) is 18.2 Å². The molecule has 3 amide bonds. The third-order valence-corrected chi connectivity index (χ3v) is 4.35. The highest BCUT2D eigenvalue weighted by atomic mass is 16.6. The topological polar surface area (TPSA) is 80.3 Å². The summed E-state index contributed by atoms with van der Waals surface area (Å²) in [5, 5.41) is 2.89. The van der Waals surface area contributed by atoms with Gasteiger partial charge >= 0.3 is 12.1 Å². The van der Waals surface area contributed by atoms with Crippen LogP contribution in [0.5, 0.6) is 11.5 Å². The molecule has 2 aliphatic heterocycles. The molecule has 24 heavy (non-hydrogen) atoms. The molecule has 8 heteroatoms. The summed E-state index contributed by atoms with van der Waals surface area (Å²) in [7, 11) is 3.16. The van der Waals surface area contributed by atoms with Crippen molar-refractivity contribution in [3.63, 3.8) is 0 Å². The van der Waals surface area contributed by atoms with Crippen molar-refractivity contribution in [3.05, 3.63) is 23.8 Å². The molecular weight excluding hydrogens is 314 g/mol. The van der Waals surface area contributed by atoms with Crippen molar-refractivity contribution in [1.82, 2.24) is 15.1 Å². The minimum atomic E-state index is -0.293. The number of amides is 3. The van der Waals surface area contributed by atoms with Crippen molar-refractivity contribution in [2.75, 3.05) is 40.5 Å². The van der Waals surface area contributed by atoms with Gasteiger partial charge in [-0.2, -0.15) is 0 Å². The van der Waals surface area contributed by atoms with Gasteiger partial charge in [0.2, 0.25) is 0 Å². The van der Waals surface area contributed by atoms with E-state index in [0.717, 1.165) is 5.56 Å². The summed E-state index contributed by atoms with van der Waals surface area (Å²) in [6.45, 7) is 2.09. The number of urea groups is 1. The zero-order valence-corrected chi connectivity index (χ0v) is 13.8. The molecule has 0 aliphatic carbocycles. The van der Waals surface area contributed by atoms with E-state index < -0.39 is 0 Å². The first-order valence-corrected chi connectivity index (χ1v) is 7.80. The number of cyclic esters (lactones) is 1. The summed E-state index contributed by atoms with van der Waals surface area (Å²) >= 11 is 0. The molecule has 8 nitrogen and oxygen atoms in total. The molecule has 0 radical (unpaired) electrons. The fourth-order valence-electron chi connectivity index (χ4n) is 3.05. The molecule has 2 saturated heterocycles. The summed E-state index contributed by atoms with van der Waals surface area (Å²) in [5.74, 6) is 1.32. The van der Waals surface area contributed by atoms with Gasteiger partial charge in [0.25, 0.3) is 0 Å². The maximum atomic E-state index is 12.4. The molecule has 1 atom stereocenters. The molecule has 2 heterocycles. The third kappa shape index (κ3) is 3.04. The monoisotopic (exact) mass is 335 g/mol. The van der Waals surface area contributed by atoms with Crippen molar-refractivity contribution < 1.29 is 23.8 Å². The molecule has 2 fully saturated rings. The number of hydrogen-bond acceptors (Lipinski definition) is 5. The molecule has 1 aromatic rings. The molecule has 0 saturated carbocycles. The molecule has 1 aromatic carbocycles. The Hall–Kier alpha value is -2.64. The number of ether oxygens (including phenoxy) is 3. The number of nitrogens with one attached hydrogen (secondary N) is 1. The average molecular weight is 335 g/mol. The van der Waals surface area contributed by atoms with E-state index in [-0.39, 0.29) is 18.2 Å². The summed E-state index contributed by atoms with van der Waals surface area (Å²) in [6, 6.07) is 5.24. The van der Waals surface area contributed by atoms with E-state index in [4.69, 9.17) is 14.2 Å². The Morgan fingerprint density at radius 3 is 2.67 bits per heavy atom. The van der Waals surface area contributed by atoms with Gasteiger partial charge in [-0.3, -0.25) is 4.90 Å². The minimum absolute atomic E-state index is 0.0576. The van der Waals surface area contributed by atoms with E-state index in [9.17, 15) is 9.59 Å². The van der Waals surface area contributed by atoms with Crippen LogP contribution in [0, 0.1) is 0 Å². The highest BCUT2D eigenvalue weighted by Gasteiger charge is 2.38. The van der Waals surface area contributed by atoms with Crippen molar-refractivity contribution in [3.8, 4) is 11.5 Å². The summed E-state index contributed by atoms with van der Waals surface area (Å²) in [6.07, 6.45) is -0.293. The van der Waals surface area contributed by atoms with Gasteiger partial charge in [-0.1, -0.05) is 6.07 Å². The van der Waals surface area contributed by atoms with Gasteiger partial charge < -0.3 is 24.4 Å². The van der Waals surface area contributed by atoms with Gasteiger partial charge in [0.05, 0.1) is 32.4 Å². The van der Waals surface area contributed by atoms with Gasteiger partial charge in [0, 0.05) is 19.6 Å². The molecule has 0 bridgehead atoms. The van der Waals surface area contributed by atoms with Crippen LogP contribution in [0.1, 0.15) is 5.56 Å². The molecule has 130 valence electrons. The first kappa shape index (κ1) is 16.2. The van der Waals surface area contributed by atoms with Gasteiger partial charge in [-0.15, -0.1) is 0 Å². The summed E-state index contributed by atoms with van der Waals surface area (Å²) < 4.78 is 15.7. The lowest BCUT2D eigenvalue weighted by Crippen LogP contribution is -2.55. The summed E-state index contributed by atoms with van der Waals surface area (Å²) in [4.78, 5) is 27.3. The lowest BCUT2D eigenvalue weighted by Gasteiger charge is -2.35. The number of carbonyl (C=O) groups excluding carboxylic acids is 2. The molecule has 0 spiro atoms. The fraction of sp³-hybridized carbons (Fsp3) is 0.500. The Morgan fingerprint density at radius 2 is 2.00 bits per heavy atom. The smallest absolute Gasteiger partial charge is 0.410 e. The number of rotatable bonds is 4. The van der Waals surface area contributed by atoms with E-state index in [1.165, 1.54) is 0 Å². The van der Waals surface area contributed by atoms with E-state index in [2.05, 4.69) is 5.32 Å². The maximum Gasteiger partial charge on any atom is 0.410 e. The molecule has 2 aliphatic rings. The number of carbonyl (C=O) groups is 2. The van der Waals surface area contributed by atoms with E-state index >= 15 is 0 Å². The molecule has 1 unspecified atom stereocenters. The number of methoxy groups -OCH3 is 2. The fourth-order valence-corrected chi connectivity index (χ4v) is 3.05. The average Bonchev–Trinajstić information content (AvgIpc) is 2.99. The minimum Gasteiger partial charge on any atom is -0.496 e. The van der Waals surface area contributed by atoms with Crippen molar-refractivity contribution in [1.29, 1.82) is 0 Å². The highest BCUT2D eigenvalue weighted by molar-refractivity contribution is 5.76. The second kappa shape index (κ2) is 6.86. The number of fused-ring (bicyclic) bond motifs is 1. The quantitative estimate of drug-likeness (QED) is 0.890. The van der Waals surface area contributed by atoms with Crippen molar-refractivity contribution in [2.45, 2.75) is 12.6 Å². The van der Waals surface area contributed by atoms with Crippen molar-refractivity contribution >= 4 is 12.1 Å². The Kier molecular flexibility index (Phi) is 4.64. The van der Waals surface area contributed by atoms with E-state index in [1.54, 1.807) is 24.0 Å². The Balaban J connectivity index is 1.61. The second-order valence-corrected chi connectivity index (χ2v) is 5.67. The van der Waals surface area contributed by atoms with Crippen molar-refractivity contribution in [2.24, 2.45) is 0 Å². The normalized spacial score (nSPS) is 19.6. The Labute approximate surface area is 140 Å². The molecule has 0 aromatic heterocycles. The Bertz CT molecular complexity index is 614. The zero-order chi connectivity index (χ0) is 17.1. The van der Waals surface area contributed by atoms with Crippen LogP contribution in [0.25, 0.3) is 0 Å². The van der Waals surface area contributed by atoms with Gasteiger partial charge in [-0.05, 0) is 12.1 Å². The number of benzene rings is 1. The predicted molar refractivity (Wildman–Crippen MR) is 85.2 cm³/mol. The highest BCUT2D eigenvalue weighted by Crippen LogP contribution is 2.28. The van der Waals surface area contributed by atoms with Gasteiger partial charge in [0.15, 0.2) is 0 Å². The van der Waals surface area contributed by atoms with Crippen LogP contribution >= 0.6 is 0 Å². The van der Waals surface area contributed by atoms with Crippen LogP contribution in [-0.2, 0) is 11.3 Å². The number of hydrogen-bond donors (Lipinski definition) is 1. The van der Waals surface area contributed by atoms with Gasteiger partial charge in [-0.25, -0.2) is 9.59 Å². The second-order valence-electron chi connectivity index (χ2n) is 5.67. The first-order chi connectivity index (χ1) is 11.6. The molecule has 1 N–H and O–H groups in total. The third-order valence-electron chi connectivity index (χ3n) is 4.35. The number of piperazine rings is 1. The standard InChI is InChI=1S/C16H21N3O5/c1-22-13-4-3-5-14(23-2)12(13)8-17-15(20)18-6-7-19-11(9-18)10-24-16(19)21/h3-5,11H,6-10H2,1-2H3,(H,17,20). The predicted octanol–water partition coefficient (Wildman–Crippen LogP) is 1.05. The van der Waals surface area contributed by atoms with Crippen LogP contribution in [0.3, 0.4) is 0 Å². The van der Waals surface area contributed by atoms with Crippen LogP contribution in [-0.4, -0.2) is 68.4 Å². The van der Waals surface area contributed by atoms with Crippen LogP contribution in [0.2, 0.25) is 0 Å². The zero-order valence-electron chi connectivity index (χ0n) is 13.8. The van der Waals surface area contributed by atoms with Crippen LogP contribution < -0.4 is 14.8 Å². The van der Waals surface area contributed by atoms with Crippen LogP contribution in [0.15, 0.2) is 18.2 Å².